The monoisotopic (exact) mass is 433 g/mol. The number of nitrogens with one attached hydrogen (secondary N) is 1. The molecular weight excluding hydrogens is 420 g/mol. The van der Waals surface area contributed by atoms with E-state index in [-0.39, 0.29) is 18.2 Å². The Hall–Kier alpha value is -2.97. The van der Waals surface area contributed by atoms with Gasteiger partial charge in [0.15, 0.2) is 0 Å². The normalized spacial score (nSPS) is 15.7. The first kappa shape index (κ1) is 19.4. The van der Waals surface area contributed by atoms with Crippen LogP contribution in [0.25, 0.3) is 0 Å². The van der Waals surface area contributed by atoms with Crippen LogP contribution >= 0.6 is 23.2 Å². The topological polar surface area (TPSA) is 81.4 Å². The molecule has 1 amide bonds. The van der Waals surface area contributed by atoms with Crippen LogP contribution in [0.5, 0.6) is 0 Å². The lowest BCUT2D eigenvalue weighted by Gasteiger charge is -2.07. The van der Waals surface area contributed by atoms with Crippen LogP contribution in [0.1, 0.15) is 17.5 Å². The molecule has 0 spiro atoms. The van der Waals surface area contributed by atoms with E-state index in [1.54, 1.807) is 28.9 Å². The van der Waals surface area contributed by atoms with Gasteiger partial charge in [-0.3, -0.25) is 10.1 Å². The highest BCUT2D eigenvalue weighted by atomic mass is 35.5. The number of oxime groups is 1. The summed E-state index contributed by atoms with van der Waals surface area (Å²) in [6.07, 6.45) is 0.951. The zero-order valence-corrected chi connectivity index (χ0v) is 16.4. The smallest absolute Gasteiger partial charge is 0.271 e. The van der Waals surface area contributed by atoms with Crippen molar-refractivity contribution in [3.8, 4) is 0 Å². The molecule has 7 nitrogen and oxygen atoms in total. The molecule has 1 unspecified atom stereocenters. The predicted molar refractivity (Wildman–Crippen MR) is 107 cm³/mol. The van der Waals surface area contributed by atoms with Gasteiger partial charge in [0.25, 0.3) is 5.91 Å². The molecule has 2 heterocycles. The Bertz CT molecular complexity index is 1080. The number of aromatic nitrogens is 3. The second-order valence-electron chi connectivity index (χ2n) is 6.35. The van der Waals surface area contributed by atoms with Gasteiger partial charge in [-0.25, -0.2) is 14.1 Å². The first-order valence-corrected chi connectivity index (χ1v) is 9.36. The van der Waals surface area contributed by atoms with Gasteiger partial charge in [-0.2, -0.15) is 0 Å². The predicted octanol–water partition coefficient (Wildman–Crippen LogP) is 3.90. The third-order valence-corrected chi connectivity index (χ3v) is 4.98. The minimum absolute atomic E-state index is 0.147. The maximum absolute atomic E-state index is 13.0. The van der Waals surface area contributed by atoms with E-state index in [9.17, 15) is 9.18 Å². The second-order valence-corrected chi connectivity index (χ2v) is 7.16. The summed E-state index contributed by atoms with van der Waals surface area (Å²) in [7, 11) is 0. The quantitative estimate of drug-likeness (QED) is 0.661. The number of carbonyl (C=O) groups excluding carboxylic acids is 1. The number of hydrogen-bond donors (Lipinski definition) is 1. The van der Waals surface area contributed by atoms with E-state index >= 15 is 0 Å². The zero-order chi connectivity index (χ0) is 20.4. The van der Waals surface area contributed by atoms with Gasteiger partial charge < -0.3 is 4.84 Å². The van der Waals surface area contributed by atoms with E-state index in [2.05, 4.69) is 20.6 Å². The van der Waals surface area contributed by atoms with Gasteiger partial charge >= 0.3 is 0 Å². The number of amides is 1. The summed E-state index contributed by atoms with van der Waals surface area (Å²) in [5, 5.41) is 11.7. The Morgan fingerprint density at radius 3 is 2.76 bits per heavy atom. The first-order valence-electron chi connectivity index (χ1n) is 8.61. The fourth-order valence-corrected chi connectivity index (χ4v) is 3.10. The van der Waals surface area contributed by atoms with Gasteiger partial charge in [-0.05, 0) is 35.4 Å². The van der Waals surface area contributed by atoms with Crippen molar-refractivity contribution < 1.29 is 14.0 Å². The van der Waals surface area contributed by atoms with Crippen LogP contribution in [-0.2, 0) is 16.2 Å². The Labute approximate surface area is 175 Å². The van der Waals surface area contributed by atoms with E-state index in [1.165, 1.54) is 18.5 Å². The van der Waals surface area contributed by atoms with Gasteiger partial charge in [-0.15, -0.1) is 5.10 Å². The molecule has 0 bridgehead atoms. The van der Waals surface area contributed by atoms with Gasteiger partial charge in [0.2, 0.25) is 12.1 Å². The van der Waals surface area contributed by atoms with Crippen molar-refractivity contribution in [1.29, 1.82) is 0 Å². The molecule has 1 N–H and O–H groups in total. The largest absolute Gasteiger partial charge is 0.382 e. The Morgan fingerprint density at radius 1 is 1.21 bits per heavy atom. The van der Waals surface area contributed by atoms with Gasteiger partial charge in [0.05, 0.1) is 22.3 Å². The molecule has 0 saturated heterocycles. The molecule has 1 aromatic heterocycles. The van der Waals surface area contributed by atoms with Gasteiger partial charge in [-0.1, -0.05) is 46.6 Å². The van der Waals surface area contributed by atoms with E-state index in [0.717, 1.165) is 5.56 Å². The van der Waals surface area contributed by atoms with E-state index < -0.39 is 12.0 Å². The minimum atomic E-state index is -0.808. The summed E-state index contributed by atoms with van der Waals surface area (Å²) in [6.45, 7) is 0.414. The molecule has 2 aromatic carbocycles. The van der Waals surface area contributed by atoms with Crippen molar-refractivity contribution in [1.82, 2.24) is 14.8 Å². The highest BCUT2D eigenvalue weighted by molar-refractivity contribution is 6.42. The highest BCUT2D eigenvalue weighted by Crippen LogP contribution is 2.23. The summed E-state index contributed by atoms with van der Waals surface area (Å²) in [5.41, 5.74) is 2.16. The van der Waals surface area contributed by atoms with Crippen LogP contribution in [-0.4, -0.2) is 32.5 Å². The molecule has 1 aliphatic rings. The molecule has 1 aliphatic heterocycles. The zero-order valence-electron chi connectivity index (χ0n) is 14.8. The van der Waals surface area contributed by atoms with Crippen molar-refractivity contribution >= 4 is 40.8 Å². The summed E-state index contributed by atoms with van der Waals surface area (Å²) in [6, 6.07) is 11.1. The number of nitrogens with zero attached hydrogens (tertiary/aromatic N) is 4. The minimum Gasteiger partial charge on any atom is -0.382 e. The van der Waals surface area contributed by atoms with Crippen molar-refractivity contribution in [2.45, 2.75) is 19.1 Å². The van der Waals surface area contributed by atoms with Gasteiger partial charge in [0, 0.05) is 6.42 Å². The number of carbonyl (C=O) groups is 1. The maximum Gasteiger partial charge on any atom is 0.271 e. The molecule has 3 aromatic rings. The number of hydrogen-bond acceptors (Lipinski definition) is 5. The summed E-state index contributed by atoms with van der Waals surface area (Å²) >= 11 is 11.9. The Balaban J connectivity index is 1.35. The summed E-state index contributed by atoms with van der Waals surface area (Å²) in [5.74, 6) is -0.614. The van der Waals surface area contributed by atoms with Crippen LogP contribution in [0.4, 0.5) is 10.3 Å². The Kier molecular flexibility index (Phi) is 5.46. The second kappa shape index (κ2) is 8.18. The number of benzene rings is 2. The SMILES string of the molecule is O=C(Nc1ncn(Cc2ccc(Cl)c(Cl)c2)n1)C1CC(c2ccc(F)cc2)=NO1. The molecule has 29 heavy (non-hydrogen) atoms. The lowest BCUT2D eigenvalue weighted by atomic mass is 10.0. The van der Waals surface area contributed by atoms with Crippen LogP contribution in [0, 0.1) is 5.82 Å². The number of rotatable bonds is 5. The molecular formula is C19H14Cl2FN5O2. The van der Waals surface area contributed by atoms with Crippen molar-refractivity contribution in [3.63, 3.8) is 0 Å². The fourth-order valence-electron chi connectivity index (χ4n) is 2.77. The van der Waals surface area contributed by atoms with Crippen molar-refractivity contribution in [3.05, 3.63) is 75.8 Å². The molecule has 0 radical (unpaired) electrons. The highest BCUT2D eigenvalue weighted by Gasteiger charge is 2.29. The molecule has 4 rings (SSSR count). The third-order valence-electron chi connectivity index (χ3n) is 4.24. The summed E-state index contributed by atoms with van der Waals surface area (Å²) < 4.78 is 14.6. The number of halogens is 3. The first-order chi connectivity index (χ1) is 14.0. The van der Waals surface area contributed by atoms with Crippen LogP contribution in [0.15, 0.2) is 53.9 Å². The van der Waals surface area contributed by atoms with Gasteiger partial charge in [0.1, 0.15) is 12.1 Å². The number of anilines is 1. The van der Waals surface area contributed by atoms with E-state index in [0.29, 0.717) is 27.9 Å². The molecule has 0 saturated carbocycles. The average molecular weight is 434 g/mol. The molecule has 0 aliphatic carbocycles. The van der Waals surface area contributed by atoms with E-state index in [4.69, 9.17) is 28.0 Å². The molecule has 148 valence electrons. The standard InChI is InChI=1S/C19H14Cl2FN5O2/c20-14-6-1-11(7-15(14)21)9-27-10-23-19(25-27)24-18(28)17-8-16(26-29-17)12-2-4-13(22)5-3-12/h1-7,10,17H,8-9H2,(H,24,25,28). The molecule has 0 fully saturated rings. The summed E-state index contributed by atoms with van der Waals surface area (Å²) in [4.78, 5) is 21.7. The van der Waals surface area contributed by atoms with Crippen LogP contribution in [0.2, 0.25) is 10.0 Å². The fraction of sp³-hybridized carbons (Fsp3) is 0.158. The molecule has 10 heteroatoms. The lowest BCUT2D eigenvalue weighted by molar-refractivity contribution is -0.125. The maximum atomic E-state index is 13.0. The van der Waals surface area contributed by atoms with Crippen LogP contribution in [0.3, 0.4) is 0 Å². The van der Waals surface area contributed by atoms with Crippen molar-refractivity contribution in [2.24, 2.45) is 5.16 Å². The lowest BCUT2D eigenvalue weighted by Crippen LogP contribution is -2.28. The molecule has 1 atom stereocenters. The van der Waals surface area contributed by atoms with Crippen LogP contribution < -0.4 is 5.32 Å². The average Bonchev–Trinajstić information content (AvgIpc) is 3.35. The van der Waals surface area contributed by atoms with E-state index in [1.807, 2.05) is 6.07 Å². The third kappa shape index (κ3) is 4.55. The van der Waals surface area contributed by atoms with Crippen molar-refractivity contribution in [2.75, 3.05) is 5.32 Å². The Morgan fingerprint density at radius 2 is 2.00 bits per heavy atom.